The third kappa shape index (κ3) is 6.29. The monoisotopic (exact) mass is 470 g/mol. The zero-order valence-electron chi connectivity index (χ0n) is 20.6. The molecule has 0 atom stereocenters. The van der Waals surface area contributed by atoms with Gasteiger partial charge in [0.25, 0.3) is 0 Å². The van der Waals surface area contributed by atoms with E-state index in [2.05, 4.69) is 10.6 Å². The standard InChI is InChI=1S/C27H35FN2O4/c1-16(2)29-19-8-11-21(24(28)13-19)23-15-25(33-4)22(14-26(23)34-5)17(3)12-27(32)30-18-6-9-20(31)10-7-18/h8,11-16,18,20,29,31H,6-7,9-10H2,1-5H3,(H,30,32)/b17-12+. The van der Waals surface area contributed by atoms with Crippen molar-refractivity contribution in [2.75, 3.05) is 19.5 Å². The molecule has 0 heterocycles. The van der Waals surface area contributed by atoms with Gasteiger partial charge in [-0.25, -0.2) is 4.39 Å². The molecule has 3 rings (SSSR count). The van der Waals surface area contributed by atoms with E-state index in [1.54, 1.807) is 25.3 Å². The summed E-state index contributed by atoms with van der Waals surface area (Å²) in [6, 6.07) is 8.77. The molecule has 184 valence electrons. The van der Waals surface area contributed by atoms with E-state index in [0.29, 0.717) is 52.3 Å². The number of rotatable bonds is 8. The number of methoxy groups -OCH3 is 2. The van der Waals surface area contributed by atoms with Gasteiger partial charge in [-0.3, -0.25) is 4.79 Å². The van der Waals surface area contributed by atoms with Crippen molar-refractivity contribution in [1.29, 1.82) is 0 Å². The zero-order chi connectivity index (χ0) is 24.8. The lowest BCUT2D eigenvalue weighted by Crippen LogP contribution is -2.37. The van der Waals surface area contributed by atoms with Gasteiger partial charge in [0.15, 0.2) is 0 Å². The van der Waals surface area contributed by atoms with Crippen LogP contribution in [0.3, 0.4) is 0 Å². The molecule has 0 unspecified atom stereocenters. The van der Waals surface area contributed by atoms with E-state index >= 15 is 0 Å². The van der Waals surface area contributed by atoms with Gasteiger partial charge in [0, 0.05) is 40.5 Å². The van der Waals surface area contributed by atoms with Gasteiger partial charge in [0.2, 0.25) is 5.91 Å². The Balaban J connectivity index is 1.88. The maximum absolute atomic E-state index is 15.0. The second-order valence-corrected chi connectivity index (χ2v) is 9.09. The predicted octanol–water partition coefficient (Wildman–Crippen LogP) is 5.15. The molecule has 2 aromatic rings. The van der Waals surface area contributed by atoms with Gasteiger partial charge in [0.05, 0.1) is 20.3 Å². The Kier molecular flexibility index (Phi) is 8.56. The van der Waals surface area contributed by atoms with E-state index in [0.717, 1.165) is 12.8 Å². The van der Waals surface area contributed by atoms with Gasteiger partial charge in [-0.15, -0.1) is 0 Å². The molecule has 7 heteroatoms. The fraction of sp³-hybridized carbons (Fsp3) is 0.444. The van der Waals surface area contributed by atoms with Crippen molar-refractivity contribution >= 4 is 17.2 Å². The number of halogens is 1. The van der Waals surface area contributed by atoms with Crippen molar-refractivity contribution in [3.63, 3.8) is 0 Å². The molecule has 1 saturated carbocycles. The maximum atomic E-state index is 15.0. The molecular formula is C27H35FN2O4. The van der Waals surface area contributed by atoms with Gasteiger partial charge in [-0.2, -0.15) is 0 Å². The summed E-state index contributed by atoms with van der Waals surface area (Å²) < 4.78 is 26.2. The number of nitrogens with one attached hydrogen (secondary N) is 2. The number of hydrogen-bond acceptors (Lipinski definition) is 5. The van der Waals surface area contributed by atoms with E-state index in [1.807, 2.05) is 26.8 Å². The molecule has 0 saturated heterocycles. The van der Waals surface area contributed by atoms with Crippen molar-refractivity contribution in [1.82, 2.24) is 5.32 Å². The minimum absolute atomic E-state index is 0.0647. The highest BCUT2D eigenvalue weighted by Gasteiger charge is 2.21. The highest BCUT2D eigenvalue weighted by molar-refractivity contribution is 5.96. The fourth-order valence-corrected chi connectivity index (χ4v) is 4.31. The number of aliphatic hydroxyl groups excluding tert-OH is 1. The number of amides is 1. The Morgan fingerprint density at radius 2 is 1.74 bits per heavy atom. The number of benzene rings is 2. The molecular weight excluding hydrogens is 435 g/mol. The van der Waals surface area contributed by atoms with Crippen molar-refractivity contribution in [3.05, 3.63) is 47.8 Å². The molecule has 0 aliphatic heterocycles. The summed E-state index contributed by atoms with van der Waals surface area (Å²) in [5, 5.41) is 15.9. The summed E-state index contributed by atoms with van der Waals surface area (Å²) in [4.78, 5) is 12.6. The van der Waals surface area contributed by atoms with Crippen molar-refractivity contribution < 1.29 is 23.8 Å². The first-order valence-corrected chi connectivity index (χ1v) is 11.7. The molecule has 0 aromatic heterocycles. The Labute approximate surface area is 201 Å². The summed E-state index contributed by atoms with van der Waals surface area (Å²) >= 11 is 0. The van der Waals surface area contributed by atoms with Crippen LogP contribution in [-0.2, 0) is 4.79 Å². The van der Waals surface area contributed by atoms with E-state index in [-0.39, 0.29) is 29.9 Å². The highest BCUT2D eigenvalue weighted by Crippen LogP contribution is 2.40. The second kappa shape index (κ2) is 11.4. The quantitative estimate of drug-likeness (QED) is 0.465. The molecule has 34 heavy (non-hydrogen) atoms. The molecule has 1 fully saturated rings. The van der Waals surface area contributed by atoms with Gasteiger partial charge >= 0.3 is 0 Å². The summed E-state index contributed by atoms with van der Waals surface area (Å²) in [6.45, 7) is 5.82. The molecule has 0 bridgehead atoms. The van der Waals surface area contributed by atoms with Crippen molar-refractivity contribution in [2.24, 2.45) is 0 Å². The number of aliphatic hydroxyl groups is 1. The van der Waals surface area contributed by atoms with Gasteiger partial charge in [-0.05, 0) is 82.4 Å². The highest BCUT2D eigenvalue weighted by atomic mass is 19.1. The van der Waals surface area contributed by atoms with Crippen LogP contribution >= 0.6 is 0 Å². The zero-order valence-corrected chi connectivity index (χ0v) is 20.6. The predicted molar refractivity (Wildman–Crippen MR) is 134 cm³/mol. The molecule has 2 aromatic carbocycles. The van der Waals surface area contributed by atoms with E-state index in [4.69, 9.17) is 9.47 Å². The lowest BCUT2D eigenvalue weighted by atomic mass is 9.93. The average Bonchev–Trinajstić information content (AvgIpc) is 2.79. The van der Waals surface area contributed by atoms with E-state index < -0.39 is 0 Å². The third-order valence-electron chi connectivity index (χ3n) is 6.05. The van der Waals surface area contributed by atoms with Crippen LogP contribution in [0.2, 0.25) is 0 Å². The smallest absolute Gasteiger partial charge is 0.244 e. The lowest BCUT2D eigenvalue weighted by Gasteiger charge is -2.25. The normalized spacial score (nSPS) is 18.5. The maximum Gasteiger partial charge on any atom is 0.244 e. The number of carbonyl (C=O) groups excluding carboxylic acids is 1. The number of hydrogen-bond donors (Lipinski definition) is 3. The van der Waals surface area contributed by atoms with Crippen LogP contribution in [0.1, 0.15) is 52.0 Å². The summed E-state index contributed by atoms with van der Waals surface area (Å²) in [5.74, 6) is 0.432. The molecule has 1 aliphatic carbocycles. The lowest BCUT2D eigenvalue weighted by molar-refractivity contribution is -0.117. The Bertz CT molecular complexity index is 1040. The summed E-state index contributed by atoms with van der Waals surface area (Å²) in [6.07, 6.45) is 4.20. The van der Waals surface area contributed by atoms with Crippen LogP contribution in [-0.4, -0.2) is 43.4 Å². The second-order valence-electron chi connectivity index (χ2n) is 9.09. The number of allylic oxidation sites excluding steroid dienone is 1. The van der Waals surface area contributed by atoms with Crippen LogP contribution in [0.25, 0.3) is 16.7 Å². The SMILES string of the molecule is COc1cc(-c2ccc(NC(C)C)cc2F)c(OC)cc1/C(C)=C/C(=O)NC1CCC(O)CC1. The Morgan fingerprint density at radius 3 is 2.32 bits per heavy atom. The topological polar surface area (TPSA) is 79.8 Å². The Hall–Kier alpha value is -3.06. The molecule has 0 radical (unpaired) electrons. The summed E-state index contributed by atoms with van der Waals surface area (Å²) in [7, 11) is 3.08. The molecule has 1 amide bonds. The first-order chi connectivity index (χ1) is 16.2. The average molecular weight is 471 g/mol. The van der Waals surface area contributed by atoms with E-state index in [9.17, 15) is 14.3 Å². The van der Waals surface area contributed by atoms with Crippen LogP contribution in [0.5, 0.6) is 11.5 Å². The van der Waals surface area contributed by atoms with E-state index in [1.165, 1.54) is 19.3 Å². The van der Waals surface area contributed by atoms with Crippen LogP contribution in [0, 0.1) is 5.82 Å². The first-order valence-electron chi connectivity index (χ1n) is 11.7. The van der Waals surface area contributed by atoms with Gasteiger partial charge in [0.1, 0.15) is 17.3 Å². The van der Waals surface area contributed by atoms with Crippen LogP contribution < -0.4 is 20.1 Å². The van der Waals surface area contributed by atoms with Crippen LogP contribution in [0.4, 0.5) is 10.1 Å². The van der Waals surface area contributed by atoms with Crippen LogP contribution in [0.15, 0.2) is 36.4 Å². The first kappa shape index (κ1) is 25.6. The molecule has 6 nitrogen and oxygen atoms in total. The van der Waals surface area contributed by atoms with Crippen molar-refractivity contribution in [2.45, 2.75) is 64.6 Å². The molecule has 0 spiro atoms. The van der Waals surface area contributed by atoms with Gasteiger partial charge in [-0.1, -0.05) is 0 Å². The number of ether oxygens (including phenoxy) is 2. The minimum Gasteiger partial charge on any atom is -0.496 e. The molecule has 3 N–H and O–H groups in total. The minimum atomic E-state index is -0.372. The third-order valence-corrected chi connectivity index (χ3v) is 6.05. The Morgan fingerprint density at radius 1 is 1.06 bits per heavy atom. The largest absolute Gasteiger partial charge is 0.496 e. The van der Waals surface area contributed by atoms with Gasteiger partial charge < -0.3 is 25.2 Å². The number of carbonyl (C=O) groups is 1. The fourth-order valence-electron chi connectivity index (χ4n) is 4.31. The van der Waals surface area contributed by atoms with Crippen molar-refractivity contribution in [3.8, 4) is 22.6 Å². The summed E-state index contributed by atoms with van der Waals surface area (Å²) in [5.41, 5.74) is 3.06. The molecule has 1 aliphatic rings. The number of anilines is 1.